The van der Waals surface area contributed by atoms with Gasteiger partial charge in [0, 0.05) is 5.56 Å². The van der Waals surface area contributed by atoms with Crippen molar-refractivity contribution in [3.63, 3.8) is 0 Å². The second-order valence-electron chi connectivity index (χ2n) is 7.48. The minimum Gasteiger partial charge on any atom is -0.494 e. The van der Waals surface area contributed by atoms with Crippen molar-refractivity contribution in [2.75, 3.05) is 16.6 Å². The van der Waals surface area contributed by atoms with Gasteiger partial charge in [-0.25, -0.2) is 9.96 Å². The third-order valence-corrected chi connectivity index (χ3v) is 5.68. The Kier molecular flexibility index (Phi) is 4.92. The van der Waals surface area contributed by atoms with Crippen molar-refractivity contribution in [2.24, 2.45) is 5.92 Å². The minimum atomic E-state index is -0.896. The summed E-state index contributed by atoms with van der Waals surface area (Å²) in [5, 5.41) is 1.69. The van der Waals surface area contributed by atoms with Gasteiger partial charge in [-0.2, -0.15) is 0 Å². The molecule has 2 heterocycles. The van der Waals surface area contributed by atoms with Gasteiger partial charge < -0.3 is 4.74 Å². The molecule has 5 rings (SSSR count). The molecule has 0 bridgehead atoms. The van der Waals surface area contributed by atoms with Gasteiger partial charge in [-0.3, -0.25) is 14.4 Å². The van der Waals surface area contributed by atoms with Crippen LogP contribution in [0.1, 0.15) is 18.5 Å². The van der Waals surface area contributed by atoms with Crippen molar-refractivity contribution >= 4 is 23.2 Å². The van der Waals surface area contributed by atoms with Crippen LogP contribution in [0.4, 0.5) is 11.4 Å². The van der Waals surface area contributed by atoms with E-state index in [1.54, 1.807) is 17.2 Å². The maximum Gasteiger partial charge on any atom is 0.266 e. The highest BCUT2D eigenvalue weighted by Gasteiger charge is 2.60. The number of carbonyl (C=O) groups excluding carboxylic acids is 2. The van der Waals surface area contributed by atoms with Crippen molar-refractivity contribution in [1.82, 2.24) is 0 Å². The van der Waals surface area contributed by atoms with Crippen LogP contribution in [-0.2, 0) is 14.4 Å². The molecular formula is C25H22N2O4. The number of rotatable bonds is 5. The largest absolute Gasteiger partial charge is 0.494 e. The number of ether oxygens (including phenoxy) is 1. The highest BCUT2D eigenvalue weighted by atomic mass is 16.7. The summed E-state index contributed by atoms with van der Waals surface area (Å²) >= 11 is 0. The molecule has 0 saturated carbocycles. The van der Waals surface area contributed by atoms with Crippen molar-refractivity contribution in [3.05, 3.63) is 90.5 Å². The number of hydrogen-bond donors (Lipinski definition) is 0. The van der Waals surface area contributed by atoms with Gasteiger partial charge in [-0.1, -0.05) is 54.6 Å². The number of carbonyl (C=O) groups is 2. The maximum atomic E-state index is 13.6. The first kappa shape index (κ1) is 19.3. The summed E-state index contributed by atoms with van der Waals surface area (Å²) in [5.74, 6) is -0.623. The highest BCUT2D eigenvalue weighted by Crippen LogP contribution is 2.49. The SMILES string of the molecule is CCOc1ccccc1[C@@H]1[C@H]2C(=O)N(c3ccccc3)C(=O)[C@@H]2ON1c1ccccc1. The second-order valence-corrected chi connectivity index (χ2v) is 7.48. The zero-order valence-electron chi connectivity index (χ0n) is 17.0. The summed E-state index contributed by atoms with van der Waals surface area (Å²) in [5.41, 5.74) is 2.15. The Hall–Kier alpha value is -3.64. The Labute approximate surface area is 180 Å². The predicted octanol–water partition coefficient (Wildman–Crippen LogP) is 4.14. The van der Waals surface area contributed by atoms with Crippen LogP contribution in [0.3, 0.4) is 0 Å². The van der Waals surface area contributed by atoms with E-state index in [1.165, 1.54) is 4.90 Å². The Balaban J connectivity index is 1.62. The van der Waals surface area contributed by atoms with Crippen LogP contribution in [0.5, 0.6) is 5.75 Å². The van der Waals surface area contributed by atoms with Gasteiger partial charge in [0.25, 0.3) is 5.91 Å². The molecule has 0 radical (unpaired) electrons. The number of imide groups is 1. The molecule has 6 nitrogen and oxygen atoms in total. The lowest BCUT2D eigenvalue weighted by Crippen LogP contribution is -2.37. The van der Waals surface area contributed by atoms with E-state index in [9.17, 15) is 9.59 Å². The Bertz CT molecular complexity index is 1100. The van der Waals surface area contributed by atoms with Gasteiger partial charge in [0.2, 0.25) is 5.91 Å². The summed E-state index contributed by atoms with van der Waals surface area (Å²) in [4.78, 5) is 34.3. The normalized spacial score (nSPS) is 22.7. The lowest BCUT2D eigenvalue weighted by atomic mass is 9.90. The Morgan fingerprint density at radius 1 is 0.806 bits per heavy atom. The zero-order valence-corrected chi connectivity index (χ0v) is 17.0. The number of amides is 2. The van der Waals surface area contributed by atoms with E-state index in [0.29, 0.717) is 18.0 Å². The average Bonchev–Trinajstić information content (AvgIpc) is 3.31. The fraction of sp³-hybridized carbons (Fsp3) is 0.200. The average molecular weight is 414 g/mol. The molecule has 3 aromatic rings. The third-order valence-electron chi connectivity index (χ3n) is 5.68. The van der Waals surface area contributed by atoms with Gasteiger partial charge in [-0.15, -0.1) is 0 Å². The molecule has 6 heteroatoms. The summed E-state index contributed by atoms with van der Waals surface area (Å²) in [6, 6.07) is 25.6. The summed E-state index contributed by atoms with van der Waals surface area (Å²) in [6.45, 7) is 2.41. The first-order valence-electron chi connectivity index (χ1n) is 10.4. The van der Waals surface area contributed by atoms with Crippen molar-refractivity contribution in [3.8, 4) is 5.75 Å². The monoisotopic (exact) mass is 414 g/mol. The standard InChI is InChI=1S/C25H22N2O4/c1-2-30-20-16-10-9-15-19(20)22-21-23(31-27(22)18-13-7-4-8-14-18)25(29)26(24(21)28)17-11-5-3-6-12-17/h3-16,21-23H,2H2,1H3/t21-,22-,23-/m1/s1. The number of benzene rings is 3. The van der Waals surface area contributed by atoms with Crippen molar-refractivity contribution < 1.29 is 19.2 Å². The van der Waals surface area contributed by atoms with Gasteiger partial charge in [0.15, 0.2) is 6.10 Å². The number of anilines is 2. The molecule has 2 amide bonds. The van der Waals surface area contributed by atoms with Gasteiger partial charge in [-0.05, 0) is 37.3 Å². The van der Waals surface area contributed by atoms with Crippen LogP contribution in [-0.4, -0.2) is 24.5 Å². The third kappa shape index (κ3) is 3.16. The summed E-state index contributed by atoms with van der Waals surface area (Å²) in [6.07, 6.45) is -0.896. The van der Waals surface area contributed by atoms with Crippen LogP contribution >= 0.6 is 0 Å². The molecule has 156 valence electrons. The quantitative estimate of drug-likeness (QED) is 0.588. The van der Waals surface area contributed by atoms with Crippen LogP contribution < -0.4 is 14.7 Å². The van der Waals surface area contributed by atoms with Crippen LogP contribution in [0.25, 0.3) is 0 Å². The Morgan fingerprint density at radius 3 is 2.10 bits per heavy atom. The first-order valence-corrected chi connectivity index (χ1v) is 10.4. The molecule has 0 N–H and O–H groups in total. The van der Waals surface area contributed by atoms with Crippen LogP contribution in [0, 0.1) is 5.92 Å². The van der Waals surface area contributed by atoms with E-state index in [1.807, 2.05) is 79.7 Å². The molecule has 0 aromatic heterocycles. The molecule has 0 unspecified atom stereocenters. The highest BCUT2D eigenvalue weighted by molar-refractivity contribution is 6.23. The topological polar surface area (TPSA) is 59.1 Å². The first-order chi connectivity index (χ1) is 15.2. The molecule has 2 saturated heterocycles. The van der Waals surface area contributed by atoms with E-state index in [2.05, 4.69) is 0 Å². The molecule has 2 aliphatic rings. The maximum absolute atomic E-state index is 13.6. The number of hydrogen-bond acceptors (Lipinski definition) is 5. The zero-order chi connectivity index (χ0) is 21.4. The van der Waals surface area contributed by atoms with Gasteiger partial charge in [0.05, 0.1) is 24.0 Å². The molecular weight excluding hydrogens is 392 g/mol. The van der Waals surface area contributed by atoms with E-state index >= 15 is 0 Å². The molecule has 0 aliphatic carbocycles. The minimum absolute atomic E-state index is 0.268. The lowest BCUT2D eigenvalue weighted by molar-refractivity contribution is -0.126. The van der Waals surface area contributed by atoms with Gasteiger partial charge >= 0.3 is 0 Å². The van der Waals surface area contributed by atoms with Crippen LogP contribution in [0.2, 0.25) is 0 Å². The fourth-order valence-electron chi connectivity index (χ4n) is 4.37. The number of hydroxylamine groups is 1. The summed E-state index contributed by atoms with van der Waals surface area (Å²) < 4.78 is 5.86. The van der Waals surface area contributed by atoms with E-state index in [-0.39, 0.29) is 11.8 Å². The molecule has 2 aliphatic heterocycles. The van der Waals surface area contributed by atoms with E-state index < -0.39 is 18.1 Å². The molecule has 31 heavy (non-hydrogen) atoms. The molecule has 3 aromatic carbocycles. The fourth-order valence-corrected chi connectivity index (χ4v) is 4.37. The molecule has 2 fully saturated rings. The number of para-hydroxylation sites is 3. The molecule has 0 spiro atoms. The van der Waals surface area contributed by atoms with Crippen molar-refractivity contribution in [1.29, 1.82) is 0 Å². The second kappa shape index (κ2) is 7.89. The summed E-state index contributed by atoms with van der Waals surface area (Å²) in [7, 11) is 0. The van der Waals surface area contributed by atoms with E-state index in [4.69, 9.17) is 9.57 Å². The Morgan fingerprint density at radius 2 is 1.42 bits per heavy atom. The number of fused-ring (bicyclic) bond motifs is 1. The van der Waals surface area contributed by atoms with Gasteiger partial charge in [0.1, 0.15) is 11.7 Å². The lowest BCUT2D eigenvalue weighted by Gasteiger charge is -2.29. The smallest absolute Gasteiger partial charge is 0.266 e. The van der Waals surface area contributed by atoms with Crippen molar-refractivity contribution in [2.45, 2.75) is 19.1 Å². The molecule has 3 atom stereocenters. The van der Waals surface area contributed by atoms with E-state index in [0.717, 1.165) is 11.3 Å². The predicted molar refractivity (Wildman–Crippen MR) is 117 cm³/mol. The number of nitrogens with zero attached hydrogens (tertiary/aromatic N) is 2. The van der Waals surface area contributed by atoms with Crippen LogP contribution in [0.15, 0.2) is 84.9 Å².